The van der Waals surface area contributed by atoms with Gasteiger partial charge in [0, 0.05) is 12.2 Å². The van der Waals surface area contributed by atoms with E-state index >= 15 is 0 Å². The second-order valence-corrected chi connectivity index (χ2v) is 4.59. The third kappa shape index (κ3) is 2.35. The molecule has 0 saturated carbocycles. The van der Waals surface area contributed by atoms with Crippen LogP contribution in [0.2, 0.25) is 0 Å². The molecule has 1 fully saturated rings. The first kappa shape index (κ1) is 11.4. The molecule has 1 unspecified atom stereocenters. The van der Waals surface area contributed by atoms with Crippen LogP contribution >= 0.6 is 11.8 Å². The van der Waals surface area contributed by atoms with Crippen molar-refractivity contribution in [3.63, 3.8) is 0 Å². The number of aromatic nitrogens is 2. The predicted octanol–water partition coefficient (Wildman–Crippen LogP) is 0.328. The molecule has 1 aliphatic heterocycles. The zero-order valence-corrected chi connectivity index (χ0v) is 9.26. The molecule has 5 nitrogen and oxygen atoms in total. The van der Waals surface area contributed by atoms with E-state index in [-0.39, 0.29) is 0 Å². The van der Waals surface area contributed by atoms with Gasteiger partial charge >= 0.3 is 5.69 Å². The summed E-state index contributed by atoms with van der Waals surface area (Å²) in [6.07, 6.45) is 1.03. The number of nitrogens with one attached hydrogen (secondary N) is 1. The maximum absolute atomic E-state index is 13.1. The minimum atomic E-state index is -0.996. The number of nitrogens with zero attached hydrogens (tertiary/aromatic N) is 1. The van der Waals surface area contributed by atoms with Crippen molar-refractivity contribution in [2.24, 2.45) is 0 Å². The maximum Gasteiger partial charge on any atom is 0.330 e. The van der Waals surface area contributed by atoms with Gasteiger partial charge in [-0.1, -0.05) is 0 Å². The predicted molar refractivity (Wildman–Crippen MR) is 58.2 cm³/mol. The Balaban J connectivity index is 2.35. The molecule has 1 aliphatic rings. The average molecular weight is 246 g/mol. The summed E-state index contributed by atoms with van der Waals surface area (Å²) in [6, 6.07) is 0. The molecule has 2 rings (SSSR count). The first-order chi connectivity index (χ1) is 7.68. The number of H-pyrrole nitrogens is 1. The third-order valence-corrected chi connectivity index (χ3v) is 3.26. The van der Waals surface area contributed by atoms with Gasteiger partial charge in [-0.25, -0.2) is 4.79 Å². The van der Waals surface area contributed by atoms with Gasteiger partial charge in [-0.2, -0.15) is 16.2 Å². The Kier molecular flexibility index (Phi) is 3.45. The second-order valence-electron chi connectivity index (χ2n) is 3.37. The van der Waals surface area contributed by atoms with Crippen molar-refractivity contribution in [1.29, 1.82) is 0 Å². The lowest BCUT2D eigenvalue weighted by Crippen LogP contribution is -2.34. The quantitative estimate of drug-likeness (QED) is 0.775. The van der Waals surface area contributed by atoms with Gasteiger partial charge in [0.05, 0.1) is 12.8 Å². The number of hydrogen-bond acceptors (Lipinski definition) is 4. The standard InChI is InChI=1S/C9H11FN2O3S/c10-6-5-12(9(14)11-8(6)13)7-1-3-16-4-2-15-7/h5,7H,1-4H2,(H,11,13,14). The molecule has 1 aromatic heterocycles. The highest BCUT2D eigenvalue weighted by Gasteiger charge is 2.17. The van der Waals surface area contributed by atoms with E-state index in [2.05, 4.69) is 0 Å². The smallest absolute Gasteiger partial charge is 0.330 e. The van der Waals surface area contributed by atoms with Gasteiger partial charge in [-0.05, 0) is 5.75 Å². The summed E-state index contributed by atoms with van der Waals surface area (Å²) in [4.78, 5) is 24.2. The minimum Gasteiger partial charge on any atom is -0.357 e. The second kappa shape index (κ2) is 4.84. The molecule has 0 radical (unpaired) electrons. The summed E-state index contributed by atoms with van der Waals surface area (Å²) in [5.41, 5.74) is -1.63. The van der Waals surface area contributed by atoms with Gasteiger partial charge in [0.2, 0.25) is 5.82 Å². The molecule has 0 aliphatic carbocycles. The summed E-state index contributed by atoms with van der Waals surface area (Å²) in [5, 5.41) is 0. The van der Waals surface area contributed by atoms with Crippen LogP contribution in [0.15, 0.2) is 15.8 Å². The molecule has 1 atom stereocenters. The molecule has 88 valence electrons. The van der Waals surface area contributed by atoms with Gasteiger partial charge in [-0.3, -0.25) is 14.3 Å². The first-order valence-corrected chi connectivity index (χ1v) is 6.04. The summed E-state index contributed by atoms with van der Waals surface area (Å²) in [6.45, 7) is 0.516. The average Bonchev–Trinajstić information content (AvgIpc) is 2.52. The molecule has 1 saturated heterocycles. The minimum absolute atomic E-state index is 0.492. The Morgan fingerprint density at radius 3 is 3.12 bits per heavy atom. The van der Waals surface area contributed by atoms with Gasteiger partial charge in [0.25, 0.3) is 5.56 Å². The van der Waals surface area contributed by atoms with Crippen LogP contribution in [0.1, 0.15) is 12.6 Å². The summed E-state index contributed by atoms with van der Waals surface area (Å²) in [7, 11) is 0. The van der Waals surface area contributed by atoms with Crippen molar-refractivity contribution in [2.75, 3.05) is 18.1 Å². The van der Waals surface area contributed by atoms with Crippen LogP contribution in [0.3, 0.4) is 0 Å². The topological polar surface area (TPSA) is 64.1 Å². The molecule has 7 heteroatoms. The van der Waals surface area contributed by atoms with Crippen LogP contribution in [0.5, 0.6) is 0 Å². The van der Waals surface area contributed by atoms with Crippen molar-refractivity contribution in [3.8, 4) is 0 Å². The van der Waals surface area contributed by atoms with Crippen molar-refractivity contribution in [1.82, 2.24) is 9.55 Å². The number of halogens is 1. The van der Waals surface area contributed by atoms with Crippen LogP contribution in [0.4, 0.5) is 4.39 Å². The fourth-order valence-corrected chi connectivity index (χ4v) is 2.29. The highest BCUT2D eigenvalue weighted by Crippen LogP contribution is 2.19. The Morgan fingerprint density at radius 1 is 1.50 bits per heavy atom. The monoisotopic (exact) mass is 246 g/mol. The van der Waals surface area contributed by atoms with Gasteiger partial charge in [0.15, 0.2) is 0 Å². The largest absolute Gasteiger partial charge is 0.357 e. The molecule has 0 amide bonds. The van der Waals surface area contributed by atoms with E-state index in [0.717, 1.165) is 22.3 Å². The van der Waals surface area contributed by atoms with Crippen LogP contribution in [0, 0.1) is 5.82 Å². The SMILES string of the molecule is O=c1[nH]c(=O)n(C2CCSCCO2)cc1F. The highest BCUT2D eigenvalue weighted by atomic mass is 32.2. The Hall–Kier alpha value is -1.08. The fourth-order valence-electron chi connectivity index (χ4n) is 1.51. The molecule has 1 aromatic rings. The number of rotatable bonds is 1. The molecular formula is C9H11FN2O3S. The van der Waals surface area contributed by atoms with E-state index in [4.69, 9.17) is 4.74 Å². The molecule has 1 N–H and O–H groups in total. The fraction of sp³-hybridized carbons (Fsp3) is 0.556. The van der Waals surface area contributed by atoms with Crippen molar-refractivity contribution < 1.29 is 9.13 Å². The Bertz CT molecular complexity index is 476. The van der Waals surface area contributed by atoms with Crippen LogP contribution < -0.4 is 11.2 Å². The molecular weight excluding hydrogens is 235 g/mol. The van der Waals surface area contributed by atoms with Crippen LogP contribution in [-0.4, -0.2) is 27.7 Å². The maximum atomic E-state index is 13.1. The molecule has 16 heavy (non-hydrogen) atoms. The zero-order valence-electron chi connectivity index (χ0n) is 8.44. The van der Waals surface area contributed by atoms with Crippen LogP contribution in [-0.2, 0) is 4.74 Å². The van der Waals surface area contributed by atoms with Crippen molar-refractivity contribution in [3.05, 3.63) is 32.9 Å². The third-order valence-electron chi connectivity index (χ3n) is 2.28. The summed E-state index contributed by atoms with van der Waals surface area (Å²) >= 11 is 1.72. The lowest BCUT2D eigenvalue weighted by Gasteiger charge is -2.16. The van der Waals surface area contributed by atoms with Crippen molar-refractivity contribution in [2.45, 2.75) is 12.6 Å². The van der Waals surface area contributed by atoms with E-state index in [9.17, 15) is 14.0 Å². The van der Waals surface area contributed by atoms with Crippen molar-refractivity contribution >= 4 is 11.8 Å². The molecule has 0 spiro atoms. The molecule has 2 heterocycles. The van der Waals surface area contributed by atoms with E-state index < -0.39 is 23.3 Å². The number of thioether (sulfide) groups is 1. The number of hydrogen-bond donors (Lipinski definition) is 1. The van der Waals surface area contributed by atoms with Crippen LogP contribution in [0.25, 0.3) is 0 Å². The normalized spacial score (nSPS) is 21.7. The van der Waals surface area contributed by atoms with Gasteiger partial charge < -0.3 is 4.74 Å². The molecule has 0 aromatic carbocycles. The molecule has 0 bridgehead atoms. The van der Waals surface area contributed by atoms with E-state index in [1.807, 2.05) is 4.98 Å². The van der Waals surface area contributed by atoms with E-state index in [1.165, 1.54) is 0 Å². The Morgan fingerprint density at radius 2 is 2.31 bits per heavy atom. The van der Waals surface area contributed by atoms with E-state index in [0.29, 0.717) is 13.0 Å². The van der Waals surface area contributed by atoms with E-state index in [1.54, 1.807) is 11.8 Å². The number of ether oxygens (including phenoxy) is 1. The Labute approximate surface area is 94.6 Å². The zero-order chi connectivity index (χ0) is 11.5. The summed E-state index contributed by atoms with van der Waals surface area (Å²) in [5.74, 6) is 0.731. The lowest BCUT2D eigenvalue weighted by molar-refractivity contribution is 0.00854. The first-order valence-electron chi connectivity index (χ1n) is 4.89. The summed E-state index contributed by atoms with van der Waals surface area (Å²) < 4.78 is 19.6. The van der Waals surface area contributed by atoms with Gasteiger partial charge in [-0.15, -0.1) is 0 Å². The highest BCUT2D eigenvalue weighted by molar-refractivity contribution is 7.99. The van der Waals surface area contributed by atoms with Gasteiger partial charge in [0.1, 0.15) is 6.23 Å². The lowest BCUT2D eigenvalue weighted by atomic mass is 10.4. The number of aromatic amines is 1.